The summed E-state index contributed by atoms with van der Waals surface area (Å²) in [6.45, 7) is 3.49. The molecule has 0 amide bonds. The van der Waals surface area contributed by atoms with E-state index < -0.39 is 0 Å². The molecule has 0 aromatic carbocycles. The third-order valence-corrected chi connectivity index (χ3v) is 4.71. The van der Waals surface area contributed by atoms with Gasteiger partial charge in [0.1, 0.15) is 0 Å². The van der Waals surface area contributed by atoms with Crippen molar-refractivity contribution in [3.05, 3.63) is 22.4 Å². The molecular formula is C14H23NS. The van der Waals surface area contributed by atoms with Crippen molar-refractivity contribution in [2.45, 2.75) is 51.5 Å². The van der Waals surface area contributed by atoms with Crippen molar-refractivity contribution in [2.75, 3.05) is 6.54 Å². The summed E-state index contributed by atoms with van der Waals surface area (Å²) in [5.41, 5.74) is 0. The third kappa shape index (κ3) is 3.60. The molecule has 1 aromatic rings. The first-order valence-corrected chi connectivity index (χ1v) is 7.51. The van der Waals surface area contributed by atoms with Gasteiger partial charge >= 0.3 is 0 Å². The third-order valence-electron chi connectivity index (χ3n) is 3.66. The second-order valence-corrected chi connectivity index (χ2v) is 5.98. The summed E-state index contributed by atoms with van der Waals surface area (Å²) in [4.78, 5) is 1.47. The smallest absolute Gasteiger partial charge is 0.0386 e. The highest BCUT2D eigenvalue weighted by Crippen LogP contribution is 2.24. The van der Waals surface area contributed by atoms with E-state index in [4.69, 9.17) is 0 Å². The molecule has 1 saturated carbocycles. The molecule has 1 atom stereocenters. The molecule has 2 heteroatoms. The van der Waals surface area contributed by atoms with Crippen LogP contribution in [0.4, 0.5) is 0 Å². The number of nitrogens with one attached hydrogen (secondary N) is 1. The molecule has 1 fully saturated rings. The summed E-state index contributed by atoms with van der Waals surface area (Å²) >= 11 is 1.86. The molecule has 0 radical (unpaired) electrons. The lowest BCUT2D eigenvalue weighted by Crippen LogP contribution is -2.25. The number of rotatable bonds is 4. The van der Waals surface area contributed by atoms with Gasteiger partial charge in [-0.15, -0.1) is 11.3 Å². The van der Waals surface area contributed by atoms with E-state index in [1.807, 2.05) is 11.3 Å². The van der Waals surface area contributed by atoms with Crippen molar-refractivity contribution in [1.82, 2.24) is 5.32 Å². The van der Waals surface area contributed by atoms with E-state index in [0.29, 0.717) is 6.04 Å². The largest absolute Gasteiger partial charge is 0.309 e. The average molecular weight is 237 g/mol. The van der Waals surface area contributed by atoms with Crippen LogP contribution >= 0.6 is 11.3 Å². The van der Waals surface area contributed by atoms with Gasteiger partial charge in [0.25, 0.3) is 0 Å². The van der Waals surface area contributed by atoms with Crippen LogP contribution in [-0.4, -0.2) is 6.54 Å². The molecule has 1 aromatic heterocycles. The molecule has 1 N–H and O–H groups in total. The highest BCUT2D eigenvalue weighted by Gasteiger charge is 2.13. The Morgan fingerprint density at radius 1 is 1.31 bits per heavy atom. The first kappa shape index (κ1) is 12.1. The maximum absolute atomic E-state index is 3.69. The van der Waals surface area contributed by atoms with Gasteiger partial charge in [0.2, 0.25) is 0 Å². The van der Waals surface area contributed by atoms with Gasteiger partial charge in [-0.25, -0.2) is 0 Å². The molecule has 1 aliphatic carbocycles. The minimum Gasteiger partial charge on any atom is -0.309 e. The molecule has 1 aliphatic rings. The second-order valence-electron chi connectivity index (χ2n) is 5.00. The van der Waals surface area contributed by atoms with Crippen LogP contribution in [0.1, 0.15) is 56.4 Å². The van der Waals surface area contributed by atoms with Gasteiger partial charge in [0, 0.05) is 10.9 Å². The zero-order chi connectivity index (χ0) is 11.2. The van der Waals surface area contributed by atoms with Crippen LogP contribution in [0.15, 0.2) is 17.5 Å². The fraction of sp³-hybridized carbons (Fsp3) is 0.714. The Labute approximate surface area is 103 Å². The number of hydrogen-bond acceptors (Lipinski definition) is 2. The van der Waals surface area contributed by atoms with Crippen molar-refractivity contribution in [3.63, 3.8) is 0 Å². The normalized spacial score (nSPS) is 20.6. The van der Waals surface area contributed by atoms with Gasteiger partial charge in [-0.3, -0.25) is 0 Å². The van der Waals surface area contributed by atoms with E-state index >= 15 is 0 Å². The number of hydrogen-bond donors (Lipinski definition) is 1. The summed E-state index contributed by atoms with van der Waals surface area (Å²) in [7, 11) is 0. The lowest BCUT2D eigenvalue weighted by atomic mass is 10.00. The first-order chi connectivity index (χ1) is 7.86. The summed E-state index contributed by atoms with van der Waals surface area (Å²) in [5, 5.41) is 5.86. The second kappa shape index (κ2) is 6.41. The van der Waals surface area contributed by atoms with Gasteiger partial charge in [0.15, 0.2) is 0 Å². The molecule has 90 valence electrons. The van der Waals surface area contributed by atoms with E-state index in [2.05, 4.69) is 29.8 Å². The summed E-state index contributed by atoms with van der Waals surface area (Å²) in [5.74, 6) is 0.921. The molecule has 0 unspecified atom stereocenters. The van der Waals surface area contributed by atoms with E-state index in [1.165, 1.54) is 49.9 Å². The fourth-order valence-electron chi connectivity index (χ4n) is 2.55. The van der Waals surface area contributed by atoms with Crippen molar-refractivity contribution in [1.29, 1.82) is 0 Å². The van der Waals surface area contributed by atoms with Crippen molar-refractivity contribution >= 4 is 11.3 Å². The lowest BCUT2D eigenvalue weighted by molar-refractivity contribution is 0.404. The monoisotopic (exact) mass is 237 g/mol. The summed E-state index contributed by atoms with van der Waals surface area (Å²) in [6.07, 6.45) is 8.67. The SMILES string of the molecule is C[C@H](NCC1CCCCCC1)c1cccs1. The van der Waals surface area contributed by atoms with Crippen LogP contribution in [0.2, 0.25) is 0 Å². The highest BCUT2D eigenvalue weighted by atomic mass is 32.1. The minimum absolute atomic E-state index is 0.531. The van der Waals surface area contributed by atoms with Gasteiger partial charge in [-0.05, 0) is 43.7 Å². The topological polar surface area (TPSA) is 12.0 Å². The zero-order valence-electron chi connectivity index (χ0n) is 10.2. The molecule has 0 aliphatic heterocycles. The Kier molecular flexibility index (Phi) is 4.86. The molecule has 1 nitrogen and oxygen atoms in total. The van der Waals surface area contributed by atoms with Crippen LogP contribution < -0.4 is 5.32 Å². The van der Waals surface area contributed by atoms with Gasteiger partial charge in [-0.1, -0.05) is 31.7 Å². The number of thiophene rings is 1. The first-order valence-electron chi connectivity index (χ1n) is 6.63. The Morgan fingerprint density at radius 3 is 2.69 bits per heavy atom. The van der Waals surface area contributed by atoms with E-state index in [9.17, 15) is 0 Å². The van der Waals surface area contributed by atoms with Crippen LogP contribution in [0, 0.1) is 5.92 Å². The van der Waals surface area contributed by atoms with Crippen LogP contribution in [0.25, 0.3) is 0 Å². The Morgan fingerprint density at radius 2 is 2.06 bits per heavy atom. The van der Waals surface area contributed by atoms with Crippen molar-refractivity contribution in [2.24, 2.45) is 5.92 Å². The highest BCUT2D eigenvalue weighted by molar-refractivity contribution is 7.10. The quantitative estimate of drug-likeness (QED) is 0.767. The Balaban J connectivity index is 1.73. The summed E-state index contributed by atoms with van der Waals surface area (Å²) < 4.78 is 0. The van der Waals surface area contributed by atoms with Crippen molar-refractivity contribution < 1.29 is 0 Å². The van der Waals surface area contributed by atoms with Gasteiger partial charge < -0.3 is 5.32 Å². The molecule has 0 spiro atoms. The molecule has 0 bridgehead atoms. The average Bonchev–Trinajstić information content (AvgIpc) is 2.71. The van der Waals surface area contributed by atoms with Crippen LogP contribution in [-0.2, 0) is 0 Å². The van der Waals surface area contributed by atoms with Gasteiger partial charge in [-0.2, -0.15) is 0 Å². The van der Waals surface area contributed by atoms with Crippen LogP contribution in [0.5, 0.6) is 0 Å². The van der Waals surface area contributed by atoms with Gasteiger partial charge in [0.05, 0.1) is 0 Å². The molecule has 0 saturated heterocycles. The van der Waals surface area contributed by atoms with Crippen molar-refractivity contribution in [3.8, 4) is 0 Å². The zero-order valence-corrected chi connectivity index (χ0v) is 11.1. The molecule has 1 heterocycles. The predicted octanol–water partition coefficient (Wildman–Crippen LogP) is 4.37. The maximum atomic E-state index is 3.69. The summed E-state index contributed by atoms with van der Waals surface area (Å²) in [6, 6.07) is 4.91. The van der Waals surface area contributed by atoms with E-state index in [-0.39, 0.29) is 0 Å². The van der Waals surface area contributed by atoms with E-state index in [0.717, 1.165) is 5.92 Å². The Bertz CT molecular complexity index is 273. The minimum atomic E-state index is 0.531. The molecule has 2 rings (SSSR count). The molecule has 16 heavy (non-hydrogen) atoms. The Hall–Kier alpha value is -0.340. The molecular weight excluding hydrogens is 214 g/mol. The maximum Gasteiger partial charge on any atom is 0.0386 e. The van der Waals surface area contributed by atoms with E-state index in [1.54, 1.807) is 0 Å². The van der Waals surface area contributed by atoms with Crippen LogP contribution in [0.3, 0.4) is 0 Å². The predicted molar refractivity (Wildman–Crippen MR) is 71.9 cm³/mol. The standard InChI is InChI=1S/C14H23NS/c1-12(14-9-6-10-16-14)15-11-13-7-4-2-3-5-8-13/h6,9-10,12-13,15H,2-5,7-8,11H2,1H3/t12-/m0/s1. The fourth-order valence-corrected chi connectivity index (χ4v) is 3.31. The lowest BCUT2D eigenvalue weighted by Gasteiger charge is -2.18.